The van der Waals surface area contributed by atoms with Crippen LogP contribution in [0, 0.1) is 3.57 Å². The topological polar surface area (TPSA) is 47.9 Å². The lowest BCUT2D eigenvalue weighted by molar-refractivity contribution is -0.129. The van der Waals surface area contributed by atoms with Crippen LogP contribution in [0.4, 0.5) is 0 Å². The number of esters is 1. The molecular formula is C23H15ClINO3. The Morgan fingerprint density at radius 1 is 1.03 bits per heavy atom. The number of benzene rings is 3. The van der Waals surface area contributed by atoms with Gasteiger partial charge in [-0.25, -0.2) is 9.79 Å². The van der Waals surface area contributed by atoms with E-state index in [-0.39, 0.29) is 5.70 Å². The number of nitrogens with zero attached hydrogens (tertiary/aromatic N) is 1. The third-order valence-corrected chi connectivity index (χ3v) is 5.14. The standard InChI is InChI=1S/C23H15ClINO3/c24-18-3-1-2-16(12-18)14-28-20-10-4-15(5-11-20)13-21-23(27)29-22(26-21)17-6-8-19(25)9-7-17/h1-13H,14H2/b21-13-. The van der Waals surface area contributed by atoms with E-state index in [4.69, 9.17) is 21.1 Å². The first kappa shape index (κ1) is 19.7. The number of halogens is 2. The van der Waals surface area contributed by atoms with E-state index in [1.165, 1.54) is 0 Å². The fourth-order valence-corrected chi connectivity index (χ4v) is 3.31. The first-order chi connectivity index (χ1) is 14.1. The molecule has 0 unspecified atom stereocenters. The quantitative estimate of drug-likeness (QED) is 0.243. The monoisotopic (exact) mass is 515 g/mol. The van der Waals surface area contributed by atoms with Gasteiger partial charge in [-0.05, 0) is 88.3 Å². The summed E-state index contributed by atoms with van der Waals surface area (Å²) in [5.41, 5.74) is 2.87. The zero-order chi connectivity index (χ0) is 20.2. The molecule has 0 aromatic heterocycles. The van der Waals surface area contributed by atoms with Crippen molar-refractivity contribution < 1.29 is 14.3 Å². The van der Waals surface area contributed by atoms with Crippen LogP contribution in [0.2, 0.25) is 5.02 Å². The molecule has 4 nitrogen and oxygen atoms in total. The van der Waals surface area contributed by atoms with E-state index < -0.39 is 5.97 Å². The average molecular weight is 516 g/mol. The smallest absolute Gasteiger partial charge is 0.363 e. The van der Waals surface area contributed by atoms with Gasteiger partial charge >= 0.3 is 5.97 Å². The van der Waals surface area contributed by atoms with Crippen molar-refractivity contribution in [2.45, 2.75) is 6.61 Å². The summed E-state index contributed by atoms with van der Waals surface area (Å²) in [6, 6.07) is 22.6. The zero-order valence-corrected chi connectivity index (χ0v) is 18.1. The second-order valence-electron chi connectivity index (χ2n) is 6.33. The minimum atomic E-state index is -0.458. The van der Waals surface area contributed by atoms with Crippen molar-refractivity contribution in [1.29, 1.82) is 0 Å². The lowest BCUT2D eigenvalue weighted by Gasteiger charge is -2.07. The first-order valence-corrected chi connectivity index (χ1v) is 10.3. The summed E-state index contributed by atoms with van der Waals surface area (Å²) >= 11 is 8.21. The molecule has 6 heteroatoms. The third-order valence-electron chi connectivity index (χ3n) is 4.19. The Kier molecular flexibility index (Phi) is 5.97. The molecule has 29 heavy (non-hydrogen) atoms. The van der Waals surface area contributed by atoms with Gasteiger partial charge in [0.25, 0.3) is 0 Å². The largest absolute Gasteiger partial charge is 0.489 e. The highest BCUT2D eigenvalue weighted by Gasteiger charge is 2.24. The SMILES string of the molecule is O=C1OC(c2ccc(I)cc2)=N/C1=C\c1ccc(OCc2cccc(Cl)c2)cc1. The van der Waals surface area contributed by atoms with Crippen LogP contribution < -0.4 is 4.74 Å². The molecule has 3 aromatic rings. The maximum atomic E-state index is 12.1. The van der Waals surface area contributed by atoms with Crippen LogP contribution in [0.1, 0.15) is 16.7 Å². The zero-order valence-electron chi connectivity index (χ0n) is 15.1. The highest BCUT2D eigenvalue weighted by molar-refractivity contribution is 14.1. The van der Waals surface area contributed by atoms with Crippen LogP contribution in [0.5, 0.6) is 5.75 Å². The van der Waals surface area contributed by atoms with E-state index in [0.29, 0.717) is 17.5 Å². The van der Waals surface area contributed by atoms with Crippen LogP contribution >= 0.6 is 34.2 Å². The van der Waals surface area contributed by atoms with Gasteiger partial charge in [-0.15, -0.1) is 0 Å². The number of carbonyl (C=O) groups is 1. The van der Waals surface area contributed by atoms with Crippen LogP contribution in [0.3, 0.4) is 0 Å². The summed E-state index contributed by atoms with van der Waals surface area (Å²) < 4.78 is 12.2. The van der Waals surface area contributed by atoms with Gasteiger partial charge in [0, 0.05) is 14.2 Å². The summed E-state index contributed by atoms with van der Waals surface area (Å²) in [6.07, 6.45) is 1.70. The highest BCUT2D eigenvalue weighted by atomic mass is 127. The average Bonchev–Trinajstić information content (AvgIpc) is 3.08. The van der Waals surface area contributed by atoms with Crippen molar-refractivity contribution >= 4 is 52.1 Å². The predicted octanol–water partition coefficient (Wildman–Crippen LogP) is 5.87. The van der Waals surface area contributed by atoms with E-state index in [0.717, 1.165) is 26.0 Å². The van der Waals surface area contributed by atoms with Crippen molar-refractivity contribution in [3.8, 4) is 5.75 Å². The third kappa shape index (κ3) is 5.05. The van der Waals surface area contributed by atoms with Crippen molar-refractivity contribution in [3.05, 3.63) is 104 Å². The second-order valence-corrected chi connectivity index (χ2v) is 8.01. The Bertz CT molecular complexity index is 1110. The minimum Gasteiger partial charge on any atom is -0.489 e. The summed E-state index contributed by atoms with van der Waals surface area (Å²) in [4.78, 5) is 16.5. The highest BCUT2D eigenvalue weighted by Crippen LogP contribution is 2.22. The van der Waals surface area contributed by atoms with Crippen molar-refractivity contribution in [1.82, 2.24) is 0 Å². The van der Waals surface area contributed by atoms with Gasteiger partial charge in [-0.2, -0.15) is 0 Å². The fourth-order valence-electron chi connectivity index (χ4n) is 2.74. The van der Waals surface area contributed by atoms with E-state index >= 15 is 0 Å². The van der Waals surface area contributed by atoms with Crippen molar-refractivity contribution in [3.63, 3.8) is 0 Å². The van der Waals surface area contributed by atoms with Gasteiger partial charge in [0.15, 0.2) is 5.70 Å². The molecule has 0 amide bonds. The van der Waals surface area contributed by atoms with Crippen LogP contribution in [0.15, 0.2) is 83.5 Å². The summed E-state index contributed by atoms with van der Waals surface area (Å²) in [5, 5.41) is 0.682. The van der Waals surface area contributed by atoms with E-state index in [2.05, 4.69) is 27.6 Å². The van der Waals surface area contributed by atoms with Gasteiger partial charge in [0.05, 0.1) is 0 Å². The van der Waals surface area contributed by atoms with Crippen LogP contribution in [0.25, 0.3) is 6.08 Å². The molecular weight excluding hydrogens is 501 g/mol. The van der Waals surface area contributed by atoms with Gasteiger partial charge in [0.1, 0.15) is 12.4 Å². The summed E-state index contributed by atoms with van der Waals surface area (Å²) in [5.74, 6) is 0.586. The molecule has 0 bridgehead atoms. The Hall–Kier alpha value is -2.64. The van der Waals surface area contributed by atoms with Gasteiger partial charge in [-0.1, -0.05) is 35.9 Å². The molecule has 3 aromatic carbocycles. The summed E-state index contributed by atoms with van der Waals surface area (Å²) in [6.45, 7) is 0.428. The molecule has 0 radical (unpaired) electrons. The van der Waals surface area contributed by atoms with Crippen LogP contribution in [-0.2, 0) is 16.1 Å². The second kappa shape index (κ2) is 8.80. The normalized spacial score (nSPS) is 14.6. The lowest BCUT2D eigenvalue weighted by atomic mass is 10.2. The molecule has 0 fully saturated rings. The van der Waals surface area contributed by atoms with Crippen molar-refractivity contribution in [2.75, 3.05) is 0 Å². The number of aliphatic imine (C=N–C) groups is 1. The van der Waals surface area contributed by atoms with E-state index in [1.807, 2.05) is 72.8 Å². The molecule has 0 saturated heterocycles. The maximum Gasteiger partial charge on any atom is 0.363 e. The first-order valence-electron chi connectivity index (χ1n) is 8.83. The molecule has 1 heterocycles. The molecule has 0 atom stereocenters. The van der Waals surface area contributed by atoms with E-state index in [1.54, 1.807) is 6.08 Å². The van der Waals surface area contributed by atoms with Crippen LogP contribution in [-0.4, -0.2) is 11.9 Å². The Labute approximate surface area is 187 Å². The Morgan fingerprint density at radius 3 is 2.52 bits per heavy atom. The molecule has 4 rings (SSSR count). The minimum absolute atomic E-state index is 0.270. The lowest BCUT2D eigenvalue weighted by Crippen LogP contribution is -2.05. The number of hydrogen-bond donors (Lipinski definition) is 0. The van der Waals surface area contributed by atoms with Gasteiger partial charge < -0.3 is 9.47 Å². The number of cyclic esters (lactones) is 1. The predicted molar refractivity (Wildman–Crippen MR) is 122 cm³/mol. The Balaban J connectivity index is 1.45. The Morgan fingerprint density at radius 2 is 1.79 bits per heavy atom. The van der Waals surface area contributed by atoms with E-state index in [9.17, 15) is 4.79 Å². The number of ether oxygens (including phenoxy) is 2. The molecule has 0 spiro atoms. The molecule has 1 aliphatic rings. The molecule has 0 saturated carbocycles. The number of rotatable bonds is 5. The number of carbonyl (C=O) groups excluding carboxylic acids is 1. The number of hydrogen-bond acceptors (Lipinski definition) is 4. The summed E-state index contributed by atoms with van der Waals surface area (Å²) in [7, 11) is 0. The van der Waals surface area contributed by atoms with Gasteiger partial charge in [-0.3, -0.25) is 0 Å². The van der Waals surface area contributed by atoms with Crippen molar-refractivity contribution in [2.24, 2.45) is 4.99 Å². The van der Waals surface area contributed by atoms with Gasteiger partial charge in [0.2, 0.25) is 5.90 Å². The molecule has 144 valence electrons. The maximum absolute atomic E-state index is 12.1. The fraction of sp³-hybridized carbons (Fsp3) is 0.0435. The molecule has 0 aliphatic carbocycles. The molecule has 1 aliphatic heterocycles. The molecule has 0 N–H and O–H groups in total.